The molecule has 4 aromatic carbocycles. The van der Waals surface area contributed by atoms with Gasteiger partial charge < -0.3 is 10.6 Å². The minimum atomic E-state index is -0.283. The van der Waals surface area contributed by atoms with Gasteiger partial charge in [0.1, 0.15) is 0 Å². The molecule has 32 heavy (non-hydrogen) atoms. The van der Waals surface area contributed by atoms with E-state index in [4.69, 9.17) is 0 Å². The maximum absolute atomic E-state index is 12.8. The summed E-state index contributed by atoms with van der Waals surface area (Å²) < 4.78 is 0. The lowest BCUT2D eigenvalue weighted by Gasteiger charge is -2.14. The summed E-state index contributed by atoms with van der Waals surface area (Å²) >= 11 is 0. The van der Waals surface area contributed by atoms with E-state index < -0.39 is 0 Å². The van der Waals surface area contributed by atoms with Gasteiger partial charge in [0.2, 0.25) is 0 Å². The van der Waals surface area contributed by atoms with E-state index in [1.807, 2.05) is 36.4 Å². The lowest BCUT2D eigenvalue weighted by Crippen LogP contribution is -2.17. The summed E-state index contributed by atoms with van der Waals surface area (Å²) in [5.41, 5.74) is 4.65. The molecule has 0 saturated heterocycles. The smallest absolute Gasteiger partial charge is 0.255 e. The van der Waals surface area contributed by atoms with E-state index in [1.54, 1.807) is 60.7 Å². The molecule has 0 unspecified atom stereocenters. The molecule has 5 aromatic rings. The van der Waals surface area contributed by atoms with Crippen molar-refractivity contribution in [3.05, 3.63) is 108 Å². The Morgan fingerprint density at radius 1 is 0.500 bits per heavy atom. The molecule has 0 saturated carbocycles. The number of anilines is 2. The largest absolute Gasteiger partial charge is 0.320 e. The molecule has 2 amide bonds. The standard InChI is InChI=1S/C26H18N4O2/c31-25(17-9-3-1-4-10-17)29-23-15-21-22(28-20-14-8-7-13-19(20)27-21)16-24(23)30-26(32)18-11-5-2-6-12-18/h1-16H,(H,29,31)(H,30,32). The lowest BCUT2D eigenvalue weighted by atomic mass is 10.1. The van der Waals surface area contributed by atoms with Crippen molar-refractivity contribution in [2.45, 2.75) is 0 Å². The topological polar surface area (TPSA) is 84.0 Å². The molecule has 154 valence electrons. The maximum Gasteiger partial charge on any atom is 0.255 e. The SMILES string of the molecule is O=C(Nc1cc2nc3ccccc3nc2cc1NC(=O)c1ccccc1)c1ccccc1. The molecule has 0 fully saturated rings. The summed E-state index contributed by atoms with van der Waals surface area (Å²) in [5.74, 6) is -0.567. The van der Waals surface area contributed by atoms with Crippen molar-refractivity contribution in [3.8, 4) is 0 Å². The van der Waals surface area contributed by atoms with E-state index in [0.717, 1.165) is 11.0 Å². The molecular formula is C26H18N4O2. The van der Waals surface area contributed by atoms with Gasteiger partial charge in [0.15, 0.2) is 0 Å². The van der Waals surface area contributed by atoms with Crippen LogP contribution < -0.4 is 10.6 Å². The predicted molar refractivity (Wildman–Crippen MR) is 126 cm³/mol. The van der Waals surface area contributed by atoms with Crippen LogP contribution in [-0.4, -0.2) is 21.8 Å². The summed E-state index contributed by atoms with van der Waals surface area (Å²) in [6.07, 6.45) is 0. The van der Waals surface area contributed by atoms with Crippen molar-refractivity contribution >= 4 is 45.3 Å². The molecule has 6 heteroatoms. The molecule has 0 aliphatic rings. The molecule has 1 heterocycles. The highest BCUT2D eigenvalue weighted by atomic mass is 16.2. The number of carbonyl (C=O) groups is 2. The van der Waals surface area contributed by atoms with Crippen LogP contribution in [0.15, 0.2) is 97.1 Å². The van der Waals surface area contributed by atoms with Gasteiger partial charge in [0, 0.05) is 11.1 Å². The molecule has 5 rings (SSSR count). The maximum atomic E-state index is 12.8. The Balaban J connectivity index is 1.59. The predicted octanol–water partition coefficient (Wildman–Crippen LogP) is 5.29. The Bertz CT molecular complexity index is 1340. The number of para-hydroxylation sites is 2. The number of amides is 2. The molecule has 0 atom stereocenters. The van der Waals surface area contributed by atoms with Gasteiger partial charge in [-0.3, -0.25) is 9.59 Å². The minimum Gasteiger partial charge on any atom is -0.320 e. The van der Waals surface area contributed by atoms with Crippen molar-refractivity contribution in [1.82, 2.24) is 9.97 Å². The normalized spacial score (nSPS) is 10.8. The molecule has 0 spiro atoms. The first kappa shape index (κ1) is 19.4. The Kier molecular flexibility index (Phi) is 5.01. The Morgan fingerprint density at radius 2 is 0.875 bits per heavy atom. The average molecular weight is 418 g/mol. The van der Waals surface area contributed by atoms with Crippen LogP contribution in [-0.2, 0) is 0 Å². The second kappa shape index (κ2) is 8.28. The van der Waals surface area contributed by atoms with Crippen LogP contribution in [0.3, 0.4) is 0 Å². The molecule has 6 nitrogen and oxygen atoms in total. The van der Waals surface area contributed by atoms with Gasteiger partial charge in [-0.25, -0.2) is 9.97 Å². The van der Waals surface area contributed by atoms with Crippen molar-refractivity contribution in [3.63, 3.8) is 0 Å². The van der Waals surface area contributed by atoms with Crippen molar-refractivity contribution in [2.75, 3.05) is 10.6 Å². The van der Waals surface area contributed by atoms with Crippen LogP contribution >= 0.6 is 0 Å². The van der Waals surface area contributed by atoms with Crippen molar-refractivity contribution < 1.29 is 9.59 Å². The fourth-order valence-corrected chi connectivity index (χ4v) is 3.44. The van der Waals surface area contributed by atoms with E-state index in [9.17, 15) is 9.59 Å². The van der Waals surface area contributed by atoms with Gasteiger partial charge in [-0.15, -0.1) is 0 Å². The molecule has 1 aromatic heterocycles. The van der Waals surface area contributed by atoms with Gasteiger partial charge in [-0.1, -0.05) is 48.5 Å². The van der Waals surface area contributed by atoms with Crippen molar-refractivity contribution in [1.29, 1.82) is 0 Å². The van der Waals surface area contributed by atoms with Crippen molar-refractivity contribution in [2.24, 2.45) is 0 Å². The molecule has 0 aliphatic carbocycles. The number of hydrogen-bond acceptors (Lipinski definition) is 4. The number of nitrogens with zero attached hydrogens (tertiary/aromatic N) is 2. The number of rotatable bonds is 4. The fourth-order valence-electron chi connectivity index (χ4n) is 3.44. The van der Waals surface area contributed by atoms with Crippen LogP contribution in [0, 0.1) is 0 Å². The summed E-state index contributed by atoms with van der Waals surface area (Å²) in [5, 5.41) is 5.80. The van der Waals surface area contributed by atoms with Gasteiger partial charge >= 0.3 is 0 Å². The second-order valence-electron chi connectivity index (χ2n) is 7.24. The molecule has 0 aliphatic heterocycles. The van der Waals surface area contributed by atoms with E-state index in [1.165, 1.54) is 0 Å². The van der Waals surface area contributed by atoms with Crippen LogP contribution in [0.4, 0.5) is 11.4 Å². The third-order valence-electron chi connectivity index (χ3n) is 5.05. The Hall–Kier alpha value is -4.58. The van der Waals surface area contributed by atoms with Crippen LogP contribution in [0.1, 0.15) is 20.7 Å². The van der Waals surface area contributed by atoms with Gasteiger partial charge in [-0.05, 0) is 48.5 Å². The molecule has 0 radical (unpaired) electrons. The molecule has 0 bridgehead atoms. The number of nitrogens with one attached hydrogen (secondary N) is 2. The van der Waals surface area contributed by atoms with Crippen LogP contribution in [0.5, 0.6) is 0 Å². The zero-order valence-corrected chi connectivity index (χ0v) is 16.9. The first-order valence-electron chi connectivity index (χ1n) is 10.1. The van der Waals surface area contributed by atoms with E-state index in [-0.39, 0.29) is 11.8 Å². The highest BCUT2D eigenvalue weighted by Crippen LogP contribution is 2.29. The second-order valence-corrected chi connectivity index (χ2v) is 7.24. The first-order valence-corrected chi connectivity index (χ1v) is 10.1. The summed E-state index contributed by atoms with van der Waals surface area (Å²) in [6.45, 7) is 0. The summed E-state index contributed by atoms with van der Waals surface area (Å²) in [6, 6.07) is 28.8. The molecule has 2 N–H and O–H groups in total. The highest BCUT2D eigenvalue weighted by molar-refractivity contribution is 6.11. The number of aromatic nitrogens is 2. The summed E-state index contributed by atoms with van der Waals surface area (Å²) in [7, 11) is 0. The van der Waals surface area contributed by atoms with Gasteiger partial charge in [0.25, 0.3) is 11.8 Å². The fraction of sp³-hybridized carbons (Fsp3) is 0. The quantitative estimate of drug-likeness (QED) is 0.389. The third-order valence-corrected chi connectivity index (χ3v) is 5.05. The average Bonchev–Trinajstić information content (AvgIpc) is 2.84. The number of fused-ring (bicyclic) bond motifs is 2. The van der Waals surface area contributed by atoms with E-state index >= 15 is 0 Å². The van der Waals surface area contributed by atoms with E-state index in [2.05, 4.69) is 20.6 Å². The summed E-state index contributed by atoms with van der Waals surface area (Å²) in [4.78, 5) is 35.0. The van der Waals surface area contributed by atoms with Gasteiger partial charge in [0.05, 0.1) is 33.4 Å². The highest BCUT2D eigenvalue weighted by Gasteiger charge is 2.15. The Morgan fingerprint density at radius 3 is 1.28 bits per heavy atom. The molecular weight excluding hydrogens is 400 g/mol. The Labute approximate surface area is 184 Å². The zero-order valence-electron chi connectivity index (χ0n) is 16.9. The van der Waals surface area contributed by atoms with E-state index in [0.29, 0.717) is 33.5 Å². The number of benzene rings is 4. The third kappa shape index (κ3) is 3.89. The number of hydrogen-bond donors (Lipinski definition) is 2. The first-order chi connectivity index (χ1) is 15.7. The zero-order chi connectivity index (χ0) is 21.9. The lowest BCUT2D eigenvalue weighted by molar-refractivity contribution is 0.101. The monoisotopic (exact) mass is 418 g/mol. The number of carbonyl (C=O) groups excluding carboxylic acids is 2. The minimum absolute atomic E-state index is 0.283. The van der Waals surface area contributed by atoms with Crippen LogP contribution in [0.2, 0.25) is 0 Å². The van der Waals surface area contributed by atoms with Crippen LogP contribution in [0.25, 0.3) is 22.1 Å². The van der Waals surface area contributed by atoms with Gasteiger partial charge in [-0.2, -0.15) is 0 Å².